The molecule has 82 valence electrons. The van der Waals surface area contributed by atoms with Crippen molar-refractivity contribution in [2.45, 2.75) is 0 Å². The molecule has 0 radical (unpaired) electrons. The Balaban J connectivity index is 2.40. The Morgan fingerprint density at radius 2 is 1.94 bits per heavy atom. The predicted octanol–water partition coefficient (Wildman–Crippen LogP) is 0.287. The molecule has 0 bridgehead atoms. The maximum Gasteiger partial charge on any atom is 0.329 e. The number of primary amides is 1. The number of nitrogens with one attached hydrogen (secondary N) is 1. The maximum absolute atomic E-state index is 10.7. The van der Waals surface area contributed by atoms with Crippen LogP contribution in [0.25, 0.3) is 6.08 Å². The van der Waals surface area contributed by atoms with Gasteiger partial charge >= 0.3 is 11.8 Å². The summed E-state index contributed by atoms with van der Waals surface area (Å²) in [6, 6.07) is 9.58. The van der Waals surface area contributed by atoms with Crippen LogP contribution in [0.5, 0.6) is 0 Å². The molecule has 5 heteroatoms. The van der Waals surface area contributed by atoms with Crippen molar-refractivity contribution in [1.29, 1.82) is 0 Å². The number of hydrogen-bond donors (Lipinski definition) is 2. The van der Waals surface area contributed by atoms with Crippen molar-refractivity contribution in [2.75, 3.05) is 0 Å². The van der Waals surface area contributed by atoms with Gasteiger partial charge in [-0.15, -0.1) is 0 Å². The summed E-state index contributed by atoms with van der Waals surface area (Å²) in [5, 5.41) is 3.50. The number of allylic oxidation sites excluding steroid dienone is 1. The van der Waals surface area contributed by atoms with Crippen LogP contribution in [0.4, 0.5) is 0 Å². The number of nitrogens with two attached hydrogens (primary N) is 1. The van der Waals surface area contributed by atoms with E-state index in [1.165, 1.54) is 6.21 Å². The van der Waals surface area contributed by atoms with Gasteiger partial charge in [-0.1, -0.05) is 36.4 Å². The Hall–Kier alpha value is -2.43. The molecule has 0 fully saturated rings. The van der Waals surface area contributed by atoms with Crippen molar-refractivity contribution in [3.63, 3.8) is 0 Å². The lowest BCUT2D eigenvalue weighted by molar-refractivity contribution is -0.137. The van der Waals surface area contributed by atoms with E-state index in [-0.39, 0.29) is 0 Å². The molecule has 1 rings (SSSR count). The minimum absolute atomic E-state index is 0.940. The van der Waals surface area contributed by atoms with Crippen molar-refractivity contribution < 1.29 is 9.59 Å². The molecule has 0 heterocycles. The first-order chi connectivity index (χ1) is 7.70. The lowest BCUT2D eigenvalue weighted by Gasteiger charge is -1.91. The van der Waals surface area contributed by atoms with Crippen LogP contribution in [0, 0.1) is 0 Å². The first-order valence-corrected chi connectivity index (χ1v) is 4.54. The van der Waals surface area contributed by atoms with Gasteiger partial charge in [-0.2, -0.15) is 5.10 Å². The predicted molar refractivity (Wildman–Crippen MR) is 61.3 cm³/mol. The summed E-state index contributed by atoms with van der Waals surface area (Å²) < 4.78 is 0. The van der Waals surface area contributed by atoms with Gasteiger partial charge in [0.2, 0.25) is 0 Å². The smallest absolute Gasteiger partial charge is 0.329 e. The number of hydrazone groups is 1. The number of amides is 2. The van der Waals surface area contributed by atoms with Crippen LogP contribution in [0.2, 0.25) is 0 Å². The summed E-state index contributed by atoms with van der Waals surface area (Å²) in [6.07, 6.45) is 4.80. The summed E-state index contributed by atoms with van der Waals surface area (Å²) in [5.41, 5.74) is 7.68. The molecular weight excluding hydrogens is 206 g/mol. The third-order valence-electron chi connectivity index (χ3n) is 1.64. The number of benzene rings is 1. The third-order valence-corrected chi connectivity index (χ3v) is 1.64. The molecule has 0 atom stereocenters. The van der Waals surface area contributed by atoms with Crippen molar-refractivity contribution in [1.82, 2.24) is 5.43 Å². The second kappa shape index (κ2) is 6.13. The van der Waals surface area contributed by atoms with Gasteiger partial charge in [0.05, 0.1) is 0 Å². The van der Waals surface area contributed by atoms with Gasteiger partial charge in [0.15, 0.2) is 0 Å². The molecule has 1 aromatic rings. The lowest BCUT2D eigenvalue weighted by atomic mass is 10.2. The minimum Gasteiger partial charge on any atom is -0.361 e. The zero-order valence-electron chi connectivity index (χ0n) is 8.46. The van der Waals surface area contributed by atoms with Crippen LogP contribution in [0.1, 0.15) is 5.56 Å². The fraction of sp³-hybridized carbons (Fsp3) is 0. The van der Waals surface area contributed by atoms with E-state index in [2.05, 4.69) is 5.10 Å². The number of carbonyl (C=O) groups is 2. The van der Waals surface area contributed by atoms with Crippen LogP contribution >= 0.6 is 0 Å². The first-order valence-electron chi connectivity index (χ1n) is 4.54. The highest BCUT2D eigenvalue weighted by atomic mass is 16.2. The average Bonchev–Trinajstić information content (AvgIpc) is 2.29. The summed E-state index contributed by atoms with van der Waals surface area (Å²) in [5.74, 6) is -2.01. The lowest BCUT2D eigenvalue weighted by Crippen LogP contribution is -2.32. The second-order valence-electron chi connectivity index (χ2n) is 2.85. The van der Waals surface area contributed by atoms with Crippen molar-refractivity contribution in [2.24, 2.45) is 10.8 Å². The Morgan fingerprint density at radius 3 is 2.56 bits per heavy atom. The molecule has 2 amide bonds. The molecule has 0 spiro atoms. The van der Waals surface area contributed by atoms with Crippen LogP contribution < -0.4 is 11.2 Å². The Bertz CT molecular complexity index is 424. The zero-order valence-corrected chi connectivity index (χ0v) is 8.46. The van der Waals surface area contributed by atoms with E-state index in [1.54, 1.807) is 12.2 Å². The SMILES string of the molecule is NC(=O)C(=O)N/N=C/C=C/c1ccccc1. The normalized spacial score (nSPS) is 10.8. The van der Waals surface area contributed by atoms with Gasteiger partial charge in [-0.25, -0.2) is 5.43 Å². The monoisotopic (exact) mass is 217 g/mol. The molecule has 0 saturated carbocycles. The van der Waals surface area contributed by atoms with E-state index in [0.29, 0.717) is 0 Å². The molecule has 5 nitrogen and oxygen atoms in total. The van der Waals surface area contributed by atoms with E-state index in [0.717, 1.165) is 5.56 Å². The highest BCUT2D eigenvalue weighted by molar-refractivity contribution is 6.34. The van der Waals surface area contributed by atoms with Gasteiger partial charge in [-0.3, -0.25) is 9.59 Å². The average molecular weight is 217 g/mol. The molecule has 0 aliphatic rings. The van der Waals surface area contributed by atoms with Gasteiger partial charge < -0.3 is 5.73 Å². The summed E-state index contributed by atoms with van der Waals surface area (Å²) in [7, 11) is 0. The number of carbonyl (C=O) groups excluding carboxylic acids is 2. The van der Waals surface area contributed by atoms with E-state index in [4.69, 9.17) is 5.73 Å². The van der Waals surface area contributed by atoms with Crippen LogP contribution in [0.15, 0.2) is 41.5 Å². The maximum atomic E-state index is 10.7. The summed E-state index contributed by atoms with van der Waals surface area (Å²) in [4.78, 5) is 21.0. The van der Waals surface area contributed by atoms with E-state index < -0.39 is 11.8 Å². The Morgan fingerprint density at radius 1 is 1.25 bits per heavy atom. The highest BCUT2D eigenvalue weighted by Crippen LogP contribution is 1.99. The van der Waals surface area contributed by atoms with Crippen molar-refractivity contribution in [3.05, 3.63) is 42.0 Å². The standard InChI is InChI=1S/C11H11N3O2/c12-10(15)11(16)14-13-8-4-7-9-5-2-1-3-6-9/h1-8H,(H2,12,15)(H,14,16)/b7-4+,13-8+. The van der Waals surface area contributed by atoms with Crippen LogP contribution in [0.3, 0.4) is 0 Å². The summed E-state index contributed by atoms with van der Waals surface area (Å²) in [6.45, 7) is 0. The molecule has 1 aromatic carbocycles. The highest BCUT2D eigenvalue weighted by Gasteiger charge is 2.04. The van der Waals surface area contributed by atoms with Crippen molar-refractivity contribution >= 4 is 24.1 Å². The van der Waals surface area contributed by atoms with Crippen LogP contribution in [-0.4, -0.2) is 18.0 Å². The van der Waals surface area contributed by atoms with Gasteiger partial charge in [0.1, 0.15) is 0 Å². The van der Waals surface area contributed by atoms with Gasteiger partial charge in [0, 0.05) is 6.21 Å². The number of rotatable bonds is 3. The topological polar surface area (TPSA) is 84.5 Å². The fourth-order valence-electron chi connectivity index (χ4n) is 0.912. The van der Waals surface area contributed by atoms with E-state index >= 15 is 0 Å². The fourth-order valence-corrected chi connectivity index (χ4v) is 0.912. The largest absolute Gasteiger partial charge is 0.361 e. The minimum atomic E-state index is -1.07. The molecule has 3 N–H and O–H groups in total. The Kier molecular flexibility index (Phi) is 4.46. The molecule has 0 aliphatic heterocycles. The molecule has 0 unspecified atom stereocenters. The molecule has 0 saturated heterocycles. The van der Waals surface area contributed by atoms with Gasteiger partial charge in [0.25, 0.3) is 0 Å². The van der Waals surface area contributed by atoms with E-state index in [1.807, 2.05) is 35.8 Å². The quantitative estimate of drug-likeness (QED) is 0.433. The summed E-state index contributed by atoms with van der Waals surface area (Å²) >= 11 is 0. The first kappa shape index (κ1) is 11.6. The Labute approximate surface area is 92.6 Å². The zero-order chi connectivity index (χ0) is 11.8. The molecule has 0 aliphatic carbocycles. The number of hydrogen-bond acceptors (Lipinski definition) is 3. The molecular formula is C11H11N3O2. The van der Waals surface area contributed by atoms with Crippen molar-refractivity contribution in [3.8, 4) is 0 Å². The van der Waals surface area contributed by atoms with E-state index in [9.17, 15) is 9.59 Å². The molecule has 16 heavy (non-hydrogen) atoms. The third kappa shape index (κ3) is 4.19. The van der Waals surface area contributed by atoms with Gasteiger partial charge in [-0.05, 0) is 11.6 Å². The second-order valence-corrected chi connectivity index (χ2v) is 2.85. The molecule has 0 aromatic heterocycles. The number of nitrogens with zero attached hydrogens (tertiary/aromatic N) is 1. The van der Waals surface area contributed by atoms with Crippen LogP contribution in [-0.2, 0) is 9.59 Å².